The van der Waals surface area contributed by atoms with Gasteiger partial charge in [-0.2, -0.15) is 0 Å². The Morgan fingerprint density at radius 3 is 2.40 bits per heavy atom. The fourth-order valence-corrected chi connectivity index (χ4v) is 3.57. The second-order valence-corrected chi connectivity index (χ2v) is 6.95. The molecule has 1 nitrogen and oxygen atoms in total. The minimum atomic E-state index is 0.0708. The molecule has 1 atom stereocenters. The fourth-order valence-electron chi connectivity index (χ4n) is 2.14. The van der Waals surface area contributed by atoms with E-state index >= 15 is 0 Å². The molecule has 20 heavy (non-hydrogen) atoms. The maximum Gasteiger partial charge on any atom is 0.124 e. The van der Waals surface area contributed by atoms with Gasteiger partial charge in [-0.1, -0.05) is 55.6 Å². The highest BCUT2D eigenvalue weighted by Gasteiger charge is 2.18. The van der Waals surface area contributed by atoms with E-state index in [9.17, 15) is 0 Å². The van der Waals surface area contributed by atoms with Crippen LogP contribution in [0.1, 0.15) is 27.1 Å². The van der Waals surface area contributed by atoms with Crippen molar-refractivity contribution in [3.63, 3.8) is 0 Å². The number of hydrogen-bond acceptors (Lipinski definition) is 1. The van der Waals surface area contributed by atoms with Gasteiger partial charge < -0.3 is 4.74 Å². The minimum Gasteiger partial charge on any atom is -0.496 e. The molecule has 0 aliphatic carbocycles. The van der Waals surface area contributed by atoms with Gasteiger partial charge >= 0.3 is 0 Å². The molecule has 0 amide bonds. The number of rotatable bonds is 3. The normalized spacial score (nSPS) is 12.3. The molecule has 1 unspecified atom stereocenters. The molecule has 4 heteroatoms. The zero-order chi connectivity index (χ0) is 14.9. The summed E-state index contributed by atoms with van der Waals surface area (Å²) in [6.07, 6.45) is 0. The van der Waals surface area contributed by atoms with Gasteiger partial charge in [0.2, 0.25) is 0 Å². The summed E-state index contributed by atoms with van der Waals surface area (Å²) in [4.78, 5) is 0.0708. The summed E-state index contributed by atoms with van der Waals surface area (Å²) in [5.74, 6) is 0.855. The third-order valence-corrected chi connectivity index (χ3v) is 5.18. The van der Waals surface area contributed by atoms with E-state index in [1.165, 1.54) is 5.56 Å². The number of hydrogen-bond donors (Lipinski definition) is 0. The summed E-state index contributed by atoms with van der Waals surface area (Å²) in [6, 6.07) is 10.2. The van der Waals surface area contributed by atoms with E-state index < -0.39 is 0 Å². The number of halogens is 3. The average Bonchev–Trinajstić information content (AvgIpc) is 2.42. The van der Waals surface area contributed by atoms with Gasteiger partial charge in [0.25, 0.3) is 0 Å². The first-order valence-corrected chi connectivity index (χ1v) is 8.27. The Kier molecular flexibility index (Phi) is 5.16. The lowest BCUT2D eigenvalue weighted by Gasteiger charge is -2.18. The van der Waals surface area contributed by atoms with Crippen LogP contribution in [0, 0.1) is 13.8 Å². The second-order valence-electron chi connectivity index (χ2n) is 4.71. The van der Waals surface area contributed by atoms with E-state index in [1.54, 1.807) is 7.11 Å². The van der Waals surface area contributed by atoms with Crippen molar-refractivity contribution in [2.75, 3.05) is 7.11 Å². The van der Waals surface area contributed by atoms with Crippen LogP contribution in [0.5, 0.6) is 5.75 Å². The minimum absolute atomic E-state index is 0.0708. The molecule has 2 rings (SSSR count). The summed E-state index contributed by atoms with van der Waals surface area (Å²) in [5.41, 5.74) is 4.54. The Labute approximate surface area is 141 Å². The maximum atomic E-state index is 6.17. The van der Waals surface area contributed by atoms with Crippen LogP contribution in [-0.2, 0) is 0 Å². The van der Waals surface area contributed by atoms with Crippen molar-refractivity contribution in [1.82, 2.24) is 0 Å². The topological polar surface area (TPSA) is 9.23 Å². The molecule has 0 spiro atoms. The van der Waals surface area contributed by atoms with Gasteiger partial charge in [-0.05, 0) is 48.7 Å². The van der Waals surface area contributed by atoms with Gasteiger partial charge in [0.1, 0.15) is 5.75 Å². The Morgan fingerprint density at radius 2 is 1.75 bits per heavy atom. The standard InChI is InChI=1S/C16H15Br2ClO/c1-9-7-14(19)10(2)6-13(9)16(18)12-5-4-11(17)8-15(12)20-3/h4-8,16H,1-3H3. The SMILES string of the molecule is COc1cc(Br)ccc1C(Br)c1cc(C)c(Cl)cc1C. The maximum absolute atomic E-state index is 6.17. The van der Waals surface area contributed by atoms with Gasteiger partial charge in [-0.3, -0.25) is 0 Å². The van der Waals surface area contributed by atoms with Crippen LogP contribution in [0.3, 0.4) is 0 Å². The van der Waals surface area contributed by atoms with E-state index in [0.717, 1.165) is 31.9 Å². The molecule has 0 aliphatic rings. The molecule has 0 aromatic heterocycles. The van der Waals surface area contributed by atoms with Gasteiger partial charge in [-0.25, -0.2) is 0 Å². The first-order chi connectivity index (χ1) is 9.43. The highest BCUT2D eigenvalue weighted by atomic mass is 79.9. The lowest BCUT2D eigenvalue weighted by atomic mass is 9.98. The lowest BCUT2D eigenvalue weighted by Crippen LogP contribution is -2.00. The van der Waals surface area contributed by atoms with E-state index in [1.807, 2.05) is 25.1 Å². The number of ether oxygens (including phenoxy) is 1. The molecule has 0 aliphatic heterocycles. The van der Waals surface area contributed by atoms with E-state index in [4.69, 9.17) is 16.3 Å². The summed E-state index contributed by atoms with van der Waals surface area (Å²) in [7, 11) is 1.69. The summed E-state index contributed by atoms with van der Waals surface area (Å²) in [5, 5.41) is 0.800. The fraction of sp³-hybridized carbons (Fsp3) is 0.250. The summed E-state index contributed by atoms with van der Waals surface area (Å²) >= 11 is 13.4. The summed E-state index contributed by atoms with van der Waals surface area (Å²) < 4.78 is 6.48. The first-order valence-electron chi connectivity index (χ1n) is 6.18. The van der Waals surface area contributed by atoms with Crippen molar-refractivity contribution in [3.05, 3.63) is 62.1 Å². The lowest BCUT2D eigenvalue weighted by molar-refractivity contribution is 0.410. The molecular weight excluding hydrogens is 403 g/mol. The Bertz CT molecular complexity index is 641. The second kappa shape index (κ2) is 6.50. The molecule has 0 fully saturated rings. The first kappa shape index (κ1) is 15.9. The van der Waals surface area contributed by atoms with Gasteiger partial charge in [-0.15, -0.1) is 0 Å². The number of benzene rings is 2. The average molecular weight is 419 g/mol. The molecule has 0 saturated carbocycles. The van der Waals surface area contributed by atoms with Crippen LogP contribution in [-0.4, -0.2) is 7.11 Å². The highest BCUT2D eigenvalue weighted by Crippen LogP contribution is 2.40. The molecular formula is C16H15Br2ClO. The monoisotopic (exact) mass is 416 g/mol. The van der Waals surface area contributed by atoms with Crippen molar-refractivity contribution >= 4 is 43.5 Å². The zero-order valence-electron chi connectivity index (χ0n) is 11.5. The predicted octanol–water partition coefficient (Wildman–Crippen LogP) is 6.21. The molecule has 0 radical (unpaired) electrons. The van der Waals surface area contributed by atoms with Crippen molar-refractivity contribution in [2.24, 2.45) is 0 Å². The summed E-state index contributed by atoms with van der Waals surface area (Å²) in [6.45, 7) is 4.09. The van der Waals surface area contributed by atoms with Crippen LogP contribution in [0.15, 0.2) is 34.8 Å². The van der Waals surface area contributed by atoms with Crippen LogP contribution in [0.4, 0.5) is 0 Å². The van der Waals surface area contributed by atoms with Gasteiger partial charge in [0, 0.05) is 15.1 Å². The van der Waals surface area contributed by atoms with E-state index in [0.29, 0.717) is 0 Å². The van der Waals surface area contributed by atoms with Gasteiger partial charge in [0.05, 0.1) is 11.9 Å². The van der Waals surface area contributed by atoms with E-state index in [2.05, 4.69) is 50.9 Å². The van der Waals surface area contributed by atoms with Crippen LogP contribution in [0.2, 0.25) is 5.02 Å². The predicted molar refractivity (Wildman–Crippen MR) is 92.4 cm³/mol. The van der Waals surface area contributed by atoms with Crippen molar-refractivity contribution in [3.8, 4) is 5.75 Å². The van der Waals surface area contributed by atoms with Crippen molar-refractivity contribution in [2.45, 2.75) is 18.7 Å². The zero-order valence-corrected chi connectivity index (χ0v) is 15.4. The van der Waals surface area contributed by atoms with Crippen LogP contribution < -0.4 is 4.74 Å². The van der Waals surface area contributed by atoms with E-state index in [-0.39, 0.29) is 4.83 Å². The third-order valence-electron chi connectivity index (χ3n) is 3.29. The molecule has 0 heterocycles. The Balaban J connectivity index is 2.51. The van der Waals surface area contributed by atoms with Gasteiger partial charge in [0.15, 0.2) is 0 Å². The Morgan fingerprint density at radius 1 is 1.05 bits per heavy atom. The molecule has 0 bridgehead atoms. The largest absolute Gasteiger partial charge is 0.496 e. The number of methoxy groups -OCH3 is 1. The molecule has 2 aromatic carbocycles. The number of alkyl halides is 1. The third kappa shape index (κ3) is 3.21. The molecule has 2 aromatic rings. The highest BCUT2D eigenvalue weighted by molar-refractivity contribution is 9.10. The van der Waals surface area contributed by atoms with Crippen molar-refractivity contribution < 1.29 is 4.74 Å². The molecule has 106 valence electrons. The van der Waals surface area contributed by atoms with Crippen LogP contribution in [0.25, 0.3) is 0 Å². The van der Waals surface area contributed by atoms with Crippen molar-refractivity contribution in [1.29, 1.82) is 0 Å². The molecule has 0 N–H and O–H groups in total. The molecule has 0 saturated heterocycles. The smallest absolute Gasteiger partial charge is 0.124 e. The number of aryl methyl sites for hydroxylation is 2. The van der Waals surface area contributed by atoms with Crippen LogP contribution >= 0.6 is 43.5 Å². The quantitative estimate of drug-likeness (QED) is 0.538. The Hall–Kier alpha value is -0.510.